The SMILES string of the molecule is O=C1c2ccccc2C(O)N1c1cc(Cl)cc(Cl)c1. The van der Waals surface area contributed by atoms with Gasteiger partial charge in [0.25, 0.3) is 5.91 Å². The van der Waals surface area contributed by atoms with Crippen LogP contribution in [0.5, 0.6) is 0 Å². The molecule has 96 valence electrons. The number of rotatable bonds is 1. The van der Waals surface area contributed by atoms with Crippen molar-refractivity contribution < 1.29 is 9.90 Å². The van der Waals surface area contributed by atoms with Crippen molar-refractivity contribution >= 4 is 34.8 Å². The Hall–Kier alpha value is -1.55. The van der Waals surface area contributed by atoms with Gasteiger partial charge in [-0.05, 0) is 24.3 Å². The Kier molecular flexibility index (Phi) is 2.97. The lowest BCUT2D eigenvalue weighted by Gasteiger charge is -2.21. The van der Waals surface area contributed by atoms with E-state index in [9.17, 15) is 9.90 Å². The lowest BCUT2D eigenvalue weighted by atomic mass is 10.1. The van der Waals surface area contributed by atoms with Gasteiger partial charge in [-0.25, -0.2) is 0 Å². The molecule has 1 N–H and O–H groups in total. The summed E-state index contributed by atoms with van der Waals surface area (Å²) >= 11 is 11.9. The van der Waals surface area contributed by atoms with Gasteiger partial charge in [-0.3, -0.25) is 9.69 Å². The highest BCUT2D eigenvalue weighted by Crippen LogP contribution is 2.37. The summed E-state index contributed by atoms with van der Waals surface area (Å²) in [5.74, 6) is -0.263. The number of aliphatic hydroxyl groups excluding tert-OH is 1. The minimum absolute atomic E-state index is 0.263. The molecule has 0 saturated heterocycles. The monoisotopic (exact) mass is 293 g/mol. The van der Waals surface area contributed by atoms with Gasteiger partial charge in [0.15, 0.2) is 6.23 Å². The van der Waals surface area contributed by atoms with Gasteiger partial charge in [0, 0.05) is 26.9 Å². The molecular formula is C14H9Cl2NO2. The Morgan fingerprint density at radius 2 is 1.68 bits per heavy atom. The zero-order valence-corrected chi connectivity index (χ0v) is 11.2. The average Bonchev–Trinajstić information content (AvgIpc) is 2.61. The van der Waals surface area contributed by atoms with Crippen molar-refractivity contribution in [2.75, 3.05) is 4.90 Å². The first-order chi connectivity index (χ1) is 9.08. The molecule has 0 bridgehead atoms. The van der Waals surface area contributed by atoms with Crippen LogP contribution in [0.4, 0.5) is 5.69 Å². The largest absolute Gasteiger partial charge is 0.369 e. The maximum atomic E-state index is 12.3. The van der Waals surface area contributed by atoms with Crippen molar-refractivity contribution in [2.45, 2.75) is 6.23 Å². The summed E-state index contributed by atoms with van der Waals surface area (Å²) in [5, 5.41) is 11.1. The van der Waals surface area contributed by atoms with Crippen LogP contribution in [0.3, 0.4) is 0 Å². The van der Waals surface area contributed by atoms with Gasteiger partial charge in [0.05, 0.1) is 0 Å². The second-order valence-corrected chi connectivity index (χ2v) is 5.14. The molecule has 3 rings (SSSR count). The molecule has 2 aromatic carbocycles. The van der Waals surface area contributed by atoms with E-state index >= 15 is 0 Å². The molecule has 1 heterocycles. The number of amides is 1. The second kappa shape index (κ2) is 4.53. The van der Waals surface area contributed by atoms with Crippen LogP contribution in [0, 0.1) is 0 Å². The topological polar surface area (TPSA) is 40.5 Å². The molecule has 3 nitrogen and oxygen atoms in total. The molecule has 2 aromatic rings. The van der Waals surface area contributed by atoms with Crippen LogP contribution < -0.4 is 4.90 Å². The highest BCUT2D eigenvalue weighted by molar-refractivity contribution is 6.35. The van der Waals surface area contributed by atoms with Gasteiger partial charge in [0.2, 0.25) is 0 Å². The fourth-order valence-electron chi connectivity index (χ4n) is 2.23. The van der Waals surface area contributed by atoms with E-state index in [0.717, 1.165) is 0 Å². The molecule has 1 aliphatic heterocycles. The fraction of sp³-hybridized carbons (Fsp3) is 0.0714. The quantitative estimate of drug-likeness (QED) is 0.872. The minimum Gasteiger partial charge on any atom is -0.369 e. The predicted molar refractivity (Wildman–Crippen MR) is 74.7 cm³/mol. The minimum atomic E-state index is -1.02. The first-order valence-corrected chi connectivity index (χ1v) is 6.40. The van der Waals surface area contributed by atoms with Crippen molar-refractivity contribution in [1.29, 1.82) is 0 Å². The van der Waals surface area contributed by atoms with Gasteiger partial charge in [0.1, 0.15) is 0 Å². The maximum absolute atomic E-state index is 12.3. The van der Waals surface area contributed by atoms with Crippen LogP contribution in [0.25, 0.3) is 0 Å². The van der Waals surface area contributed by atoms with Gasteiger partial charge in [-0.1, -0.05) is 41.4 Å². The van der Waals surface area contributed by atoms with Crippen LogP contribution in [0.2, 0.25) is 10.0 Å². The Labute approximate surface area is 120 Å². The van der Waals surface area contributed by atoms with E-state index in [2.05, 4.69) is 0 Å². The summed E-state index contributed by atoms with van der Waals surface area (Å²) in [4.78, 5) is 13.6. The summed E-state index contributed by atoms with van der Waals surface area (Å²) in [6.45, 7) is 0. The summed E-state index contributed by atoms with van der Waals surface area (Å²) < 4.78 is 0. The van der Waals surface area contributed by atoms with Crippen molar-refractivity contribution in [3.63, 3.8) is 0 Å². The second-order valence-electron chi connectivity index (χ2n) is 4.26. The van der Waals surface area contributed by atoms with E-state index in [1.54, 1.807) is 42.5 Å². The third kappa shape index (κ3) is 2.00. The van der Waals surface area contributed by atoms with E-state index in [-0.39, 0.29) is 5.91 Å². The molecular weight excluding hydrogens is 285 g/mol. The lowest BCUT2D eigenvalue weighted by molar-refractivity contribution is 0.0935. The highest BCUT2D eigenvalue weighted by atomic mass is 35.5. The van der Waals surface area contributed by atoms with Gasteiger partial charge in [-0.2, -0.15) is 0 Å². The van der Waals surface area contributed by atoms with Crippen LogP contribution in [0.1, 0.15) is 22.1 Å². The molecule has 0 aromatic heterocycles. The van der Waals surface area contributed by atoms with Crippen molar-refractivity contribution in [1.82, 2.24) is 0 Å². The first kappa shape index (κ1) is 12.5. The molecule has 0 saturated carbocycles. The van der Waals surface area contributed by atoms with Gasteiger partial charge >= 0.3 is 0 Å². The smallest absolute Gasteiger partial charge is 0.261 e. The van der Waals surface area contributed by atoms with Gasteiger partial charge in [-0.15, -0.1) is 0 Å². The summed E-state index contributed by atoms with van der Waals surface area (Å²) in [7, 11) is 0. The third-order valence-corrected chi connectivity index (χ3v) is 3.49. The number of aliphatic hydroxyl groups is 1. The predicted octanol–water partition coefficient (Wildman–Crippen LogP) is 3.64. The van der Waals surface area contributed by atoms with Crippen LogP contribution in [-0.4, -0.2) is 11.0 Å². The number of carbonyl (C=O) groups is 1. The Balaban J connectivity index is 2.11. The van der Waals surface area contributed by atoms with E-state index in [4.69, 9.17) is 23.2 Å². The van der Waals surface area contributed by atoms with Crippen molar-refractivity contribution in [3.8, 4) is 0 Å². The number of anilines is 1. The summed E-state index contributed by atoms with van der Waals surface area (Å²) in [6, 6.07) is 11.7. The van der Waals surface area contributed by atoms with Crippen LogP contribution >= 0.6 is 23.2 Å². The molecule has 0 fully saturated rings. The fourth-order valence-corrected chi connectivity index (χ4v) is 2.75. The zero-order valence-electron chi connectivity index (χ0n) is 9.68. The Morgan fingerprint density at radius 1 is 1.05 bits per heavy atom. The van der Waals surface area contributed by atoms with Crippen molar-refractivity contribution in [2.24, 2.45) is 0 Å². The number of hydrogen-bond acceptors (Lipinski definition) is 2. The number of fused-ring (bicyclic) bond motifs is 1. The summed E-state index contributed by atoms with van der Waals surface area (Å²) in [5.41, 5.74) is 1.56. The van der Waals surface area contributed by atoms with E-state index in [1.165, 1.54) is 4.90 Å². The Bertz CT molecular complexity index is 652. The van der Waals surface area contributed by atoms with E-state index in [1.807, 2.05) is 0 Å². The zero-order chi connectivity index (χ0) is 13.6. The molecule has 19 heavy (non-hydrogen) atoms. The summed E-state index contributed by atoms with van der Waals surface area (Å²) in [6.07, 6.45) is -1.02. The Morgan fingerprint density at radius 3 is 2.32 bits per heavy atom. The number of benzene rings is 2. The van der Waals surface area contributed by atoms with Crippen LogP contribution in [0.15, 0.2) is 42.5 Å². The van der Waals surface area contributed by atoms with Gasteiger partial charge < -0.3 is 5.11 Å². The molecule has 0 spiro atoms. The van der Waals surface area contributed by atoms with E-state index < -0.39 is 6.23 Å². The van der Waals surface area contributed by atoms with E-state index in [0.29, 0.717) is 26.9 Å². The standard InChI is InChI=1S/C14H9Cl2NO2/c15-8-5-9(16)7-10(6-8)17-13(18)11-3-1-2-4-12(11)14(17)19/h1-7,13,18H. The first-order valence-electron chi connectivity index (χ1n) is 5.64. The number of nitrogens with zero attached hydrogens (tertiary/aromatic N) is 1. The average molecular weight is 294 g/mol. The normalized spacial score (nSPS) is 17.7. The molecule has 0 radical (unpaired) electrons. The number of halogens is 2. The molecule has 1 atom stereocenters. The maximum Gasteiger partial charge on any atom is 0.261 e. The molecule has 1 unspecified atom stereocenters. The number of hydrogen-bond donors (Lipinski definition) is 1. The molecule has 1 amide bonds. The third-order valence-electron chi connectivity index (χ3n) is 3.06. The number of carbonyl (C=O) groups excluding carboxylic acids is 1. The molecule has 0 aliphatic carbocycles. The van der Waals surface area contributed by atoms with Crippen LogP contribution in [-0.2, 0) is 0 Å². The molecule has 1 aliphatic rings. The molecule has 5 heteroatoms. The lowest BCUT2D eigenvalue weighted by Crippen LogP contribution is -2.27. The van der Waals surface area contributed by atoms with Crippen molar-refractivity contribution in [3.05, 3.63) is 63.6 Å². The highest BCUT2D eigenvalue weighted by Gasteiger charge is 2.36.